The first-order valence-electron chi connectivity index (χ1n) is 2.49. The molecule has 0 saturated heterocycles. The van der Waals surface area contributed by atoms with Gasteiger partial charge in [-0.3, -0.25) is 4.79 Å². The van der Waals surface area contributed by atoms with E-state index in [2.05, 4.69) is 0 Å². The number of carboxylic acids is 1. The van der Waals surface area contributed by atoms with Crippen LogP contribution >= 0.6 is 0 Å². The summed E-state index contributed by atoms with van der Waals surface area (Å²) in [5, 5.41) is 8.04. The standard InChI is InChI=1S/C5H10O2.K/c1-2-3-4-5(6)7;/h2-4H2,1H3,(H,6,7);. The van der Waals surface area contributed by atoms with Crippen molar-refractivity contribution in [3.63, 3.8) is 0 Å². The van der Waals surface area contributed by atoms with Crippen LogP contribution in [0.4, 0.5) is 0 Å². The van der Waals surface area contributed by atoms with Crippen LogP contribution in [0.5, 0.6) is 0 Å². The Morgan fingerprint density at radius 3 is 2.25 bits per heavy atom. The van der Waals surface area contributed by atoms with Gasteiger partial charge in [-0.2, -0.15) is 0 Å². The van der Waals surface area contributed by atoms with Crippen molar-refractivity contribution in [1.29, 1.82) is 0 Å². The molecule has 0 fully saturated rings. The van der Waals surface area contributed by atoms with Gasteiger partial charge >= 0.3 is 5.97 Å². The summed E-state index contributed by atoms with van der Waals surface area (Å²) in [4.78, 5) is 9.76. The second kappa shape index (κ2) is 8.11. The Labute approximate surface area is 92.1 Å². The molecule has 0 unspecified atom stereocenters. The Morgan fingerprint density at radius 2 is 2.12 bits per heavy atom. The van der Waals surface area contributed by atoms with Crippen molar-refractivity contribution < 1.29 is 9.90 Å². The van der Waals surface area contributed by atoms with Gasteiger partial charge in [0.1, 0.15) is 0 Å². The van der Waals surface area contributed by atoms with Crippen molar-refractivity contribution in [2.24, 2.45) is 0 Å². The minimum Gasteiger partial charge on any atom is -0.481 e. The molecule has 0 amide bonds. The topological polar surface area (TPSA) is 37.3 Å². The predicted molar refractivity (Wildman–Crippen MR) is 32.9 cm³/mol. The molecule has 0 atom stereocenters. The van der Waals surface area contributed by atoms with E-state index in [0.717, 1.165) is 12.8 Å². The van der Waals surface area contributed by atoms with Crippen LogP contribution in [0.3, 0.4) is 0 Å². The minimum absolute atomic E-state index is 0. The Balaban J connectivity index is 0. The molecule has 0 aromatic rings. The van der Waals surface area contributed by atoms with Gasteiger partial charge in [0.15, 0.2) is 0 Å². The zero-order valence-electron chi connectivity index (χ0n) is 5.48. The molecule has 0 aromatic heterocycles. The fraction of sp³-hybridized carbons (Fsp3) is 0.800. The molecule has 1 radical (unpaired) electrons. The van der Waals surface area contributed by atoms with E-state index in [4.69, 9.17) is 5.11 Å². The van der Waals surface area contributed by atoms with Gasteiger partial charge in [-0.1, -0.05) is 13.3 Å². The van der Waals surface area contributed by atoms with Crippen LogP contribution in [0.2, 0.25) is 0 Å². The van der Waals surface area contributed by atoms with Gasteiger partial charge in [0.25, 0.3) is 0 Å². The first-order chi connectivity index (χ1) is 3.27. The van der Waals surface area contributed by atoms with Gasteiger partial charge in [-0.25, -0.2) is 0 Å². The molecule has 0 aromatic carbocycles. The van der Waals surface area contributed by atoms with Crippen LogP contribution < -0.4 is 0 Å². The van der Waals surface area contributed by atoms with Gasteiger partial charge in [0.2, 0.25) is 0 Å². The fourth-order valence-corrected chi connectivity index (χ4v) is 0.328. The van der Waals surface area contributed by atoms with Crippen molar-refractivity contribution >= 4 is 57.4 Å². The molecular formula is C5H10KO2. The summed E-state index contributed by atoms with van der Waals surface area (Å²) in [7, 11) is 0. The average Bonchev–Trinajstić information content (AvgIpc) is 1.61. The van der Waals surface area contributed by atoms with Gasteiger partial charge in [0.05, 0.1) is 0 Å². The summed E-state index contributed by atoms with van der Waals surface area (Å²) < 4.78 is 0. The second-order valence-corrected chi connectivity index (χ2v) is 1.50. The summed E-state index contributed by atoms with van der Waals surface area (Å²) in [5.74, 6) is -0.693. The number of hydrogen-bond donors (Lipinski definition) is 1. The molecule has 0 heterocycles. The molecule has 0 spiro atoms. The smallest absolute Gasteiger partial charge is 0.303 e. The minimum atomic E-state index is -0.693. The van der Waals surface area contributed by atoms with Crippen LogP contribution in [0, 0.1) is 0 Å². The molecule has 0 aliphatic heterocycles. The second-order valence-electron chi connectivity index (χ2n) is 1.50. The monoisotopic (exact) mass is 141 g/mol. The van der Waals surface area contributed by atoms with Crippen LogP contribution in [-0.4, -0.2) is 62.5 Å². The Bertz CT molecular complexity index is 63.4. The fourth-order valence-electron chi connectivity index (χ4n) is 0.328. The molecule has 0 aliphatic rings. The molecule has 0 rings (SSSR count). The van der Waals surface area contributed by atoms with Gasteiger partial charge in [0, 0.05) is 57.8 Å². The van der Waals surface area contributed by atoms with Gasteiger partial charge in [-0.15, -0.1) is 0 Å². The first kappa shape index (κ1) is 11.8. The van der Waals surface area contributed by atoms with E-state index in [1.165, 1.54) is 0 Å². The molecule has 43 valence electrons. The van der Waals surface area contributed by atoms with E-state index in [1.807, 2.05) is 6.92 Å². The van der Waals surface area contributed by atoms with Gasteiger partial charge < -0.3 is 5.11 Å². The zero-order chi connectivity index (χ0) is 5.70. The van der Waals surface area contributed by atoms with E-state index < -0.39 is 5.97 Å². The average molecular weight is 141 g/mol. The molecule has 0 bridgehead atoms. The van der Waals surface area contributed by atoms with Crippen LogP contribution in [0.15, 0.2) is 0 Å². The van der Waals surface area contributed by atoms with Crippen LogP contribution in [-0.2, 0) is 4.79 Å². The maximum absolute atomic E-state index is 9.76. The van der Waals surface area contributed by atoms with Crippen molar-refractivity contribution in [2.75, 3.05) is 0 Å². The quantitative estimate of drug-likeness (QED) is 0.592. The molecule has 0 saturated carbocycles. The zero-order valence-corrected chi connectivity index (χ0v) is 8.60. The number of hydrogen-bond acceptors (Lipinski definition) is 1. The van der Waals surface area contributed by atoms with Crippen LogP contribution in [0.25, 0.3) is 0 Å². The van der Waals surface area contributed by atoms with Crippen molar-refractivity contribution in [3.05, 3.63) is 0 Å². The summed E-state index contributed by atoms with van der Waals surface area (Å²) >= 11 is 0. The number of carbonyl (C=O) groups is 1. The predicted octanol–water partition coefficient (Wildman–Crippen LogP) is 0.880. The van der Waals surface area contributed by atoms with Crippen LogP contribution in [0.1, 0.15) is 26.2 Å². The molecule has 0 aliphatic carbocycles. The van der Waals surface area contributed by atoms with Crippen molar-refractivity contribution in [1.82, 2.24) is 0 Å². The van der Waals surface area contributed by atoms with Crippen molar-refractivity contribution in [2.45, 2.75) is 26.2 Å². The van der Waals surface area contributed by atoms with E-state index in [0.29, 0.717) is 6.42 Å². The van der Waals surface area contributed by atoms with E-state index >= 15 is 0 Å². The molecular weight excluding hydrogens is 131 g/mol. The summed E-state index contributed by atoms with van der Waals surface area (Å²) in [5.41, 5.74) is 0. The Kier molecular flexibility index (Phi) is 12.0. The maximum atomic E-state index is 9.76. The third-order valence-electron chi connectivity index (χ3n) is 0.744. The third-order valence-corrected chi connectivity index (χ3v) is 0.744. The van der Waals surface area contributed by atoms with E-state index in [1.54, 1.807) is 0 Å². The van der Waals surface area contributed by atoms with Crippen molar-refractivity contribution in [3.8, 4) is 0 Å². The molecule has 3 heteroatoms. The largest absolute Gasteiger partial charge is 0.481 e. The number of rotatable bonds is 3. The molecule has 2 nitrogen and oxygen atoms in total. The molecule has 1 N–H and O–H groups in total. The maximum Gasteiger partial charge on any atom is 0.303 e. The summed E-state index contributed by atoms with van der Waals surface area (Å²) in [6, 6.07) is 0. The number of aliphatic carboxylic acids is 1. The Hall–Kier alpha value is 1.11. The van der Waals surface area contributed by atoms with E-state index in [-0.39, 0.29) is 51.4 Å². The summed E-state index contributed by atoms with van der Waals surface area (Å²) in [6.45, 7) is 1.98. The first-order valence-corrected chi connectivity index (χ1v) is 2.49. The van der Waals surface area contributed by atoms with E-state index in [9.17, 15) is 4.79 Å². The van der Waals surface area contributed by atoms with Gasteiger partial charge in [-0.05, 0) is 6.42 Å². The normalized spacial score (nSPS) is 7.62. The SMILES string of the molecule is CCCCC(=O)O.[K]. The number of unbranched alkanes of at least 4 members (excludes halogenated alkanes) is 1. The number of carboxylic acid groups (broad SMARTS) is 1. The third kappa shape index (κ3) is 10.2. The Morgan fingerprint density at radius 1 is 1.62 bits per heavy atom. The molecule has 8 heavy (non-hydrogen) atoms. The summed E-state index contributed by atoms with van der Waals surface area (Å²) in [6.07, 6.45) is 2.08.